The first kappa shape index (κ1) is 24.5. The van der Waals surface area contributed by atoms with Gasteiger partial charge in [0.25, 0.3) is 0 Å². The third-order valence-corrected chi connectivity index (χ3v) is 6.50. The number of dihydropyridines is 1. The van der Waals surface area contributed by atoms with E-state index >= 15 is 0 Å². The van der Waals surface area contributed by atoms with E-state index in [1.54, 1.807) is 19.2 Å². The molecule has 2 aromatic carbocycles. The zero-order chi connectivity index (χ0) is 25.3. The van der Waals surface area contributed by atoms with Crippen molar-refractivity contribution in [2.75, 3.05) is 14.2 Å². The molecule has 0 fully saturated rings. The Morgan fingerprint density at radius 2 is 1.83 bits per heavy atom. The van der Waals surface area contributed by atoms with Gasteiger partial charge in [0.15, 0.2) is 5.78 Å². The number of nitrogens with one attached hydrogen (secondary N) is 1. The SMILES string of the molecule is COC(=O)C1=C(C)NC2=C(C(=O)CC(C)(C)C2)[C@@H]1c1ccc(COc2ccc(F)cc2)c(OC)c1. The highest BCUT2D eigenvalue weighted by Gasteiger charge is 2.43. The van der Waals surface area contributed by atoms with Crippen LogP contribution in [0, 0.1) is 11.2 Å². The Morgan fingerprint density at radius 1 is 1.11 bits per heavy atom. The Kier molecular flexibility index (Phi) is 6.70. The van der Waals surface area contributed by atoms with E-state index in [9.17, 15) is 14.0 Å². The molecule has 1 N–H and O–H groups in total. The number of esters is 1. The summed E-state index contributed by atoms with van der Waals surface area (Å²) in [7, 11) is 2.90. The molecule has 1 heterocycles. The van der Waals surface area contributed by atoms with Crippen molar-refractivity contribution in [1.29, 1.82) is 0 Å². The van der Waals surface area contributed by atoms with Gasteiger partial charge in [0.05, 0.1) is 19.8 Å². The lowest BCUT2D eigenvalue weighted by Gasteiger charge is -2.39. The number of Topliss-reactive ketones (excluding diaryl/α,β-unsaturated/α-hetero) is 1. The van der Waals surface area contributed by atoms with Crippen LogP contribution in [0.3, 0.4) is 0 Å². The maximum Gasteiger partial charge on any atom is 0.336 e. The highest BCUT2D eigenvalue weighted by molar-refractivity contribution is 6.04. The normalized spacial score (nSPS) is 19.1. The number of carbonyl (C=O) groups excluding carboxylic acids is 2. The van der Waals surface area contributed by atoms with Gasteiger partial charge >= 0.3 is 5.97 Å². The zero-order valence-electron chi connectivity index (χ0n) is 20.7. The van der Waals surface area contributed by atoms with E-state index in [2.05, 4.69) is 19.2 Å². The lowest BCUT2D eigenvalue weighted by molar-refractivity contribution is -0.136. The number of ether oxygens (including phenoxy) is 3. The van der Waals surface area contributed by atoms with Gasteiger partial charge in [0.2, 0.25) is 0 Å². The molecule has 1 aliphatic carbocycles. The monoisotopic (exact) mass is 479 g/mol. The van der Waals surface area contributed by atoms with Crippen molar-refractivity contribution >= 4 is 11.8 Å². The smallest absolute Gasteiger partial charge is 0.336 e. The predicted molar refractivity (Wildman–Crippen MR) is 129 cm³/mol. The summed E-state index contributed by atoms with van der Waals surface area (Å²) >= 11 is 0. The summed E-state index contributed by atoms with van der Waals surface area (Å²) in [5.74, 6) is -0.260. The number of allylic oxidation sites excluding steroid dienone is 3. The molecule has 2 aliphatic rings. The number of benzene rings is 2. The average Bonchev–Trinajstić information content (AvgIpc) is 2.81. The minimum Gasteiger partial charge on any atom is -0.496 e. The molecule has 0 amide bonds. The van der Waals surface area contributed by atoms with Crippen LogP contribution in [0.4, 0.5) is 4.39 Å². The Balaban J connectivity index is 1.73. The molecule has 0 aromatic heterocycles. The van der Waals surface area contributed by atoms with Gasteiger partial charge in [0.1, 0.15) is 23.9 Å². The number of ketones is 1. The first-order valence-electron chi connectivity index (χ1n) is 11.5. The Labute approximate surface area is 204 Å². The first-order valence-corrected chi connectivity index (χ1v) is 11.5. The molecule has 0 saturated heterocycles. The van der Waals surface area contributed by atoms with Gasteiger partial charge < -0.3 is 19.5 Å². The van der Waals surface area contributed by atoms with Crippen LogP contribution in [0.1, 0.15) is 50.7 Å². The summed E-state index contributed by atoms with van der Waals surface area (Å²) in [5.41, 5.74) is 3.91. The summed E-state index contributed by atoms with van der Waals surface area (Å²) < 4.78 is 29.7. The Bertz CT molecular complexity index is 1230. The minimum absolute atomic E-state index is 0.0188. The summed E-state index contributed by atoms with van der Waals surface area (Å²) in [6, 6.07) is 11.4. The van der Waals surface area contributed by atoms with Crippen LogP contribution in [0.15, 0.2) is 65.0 Å². The number of methoxy groups -OCH3 is 2. The topological polar surface area (TPSA) is 73.9 Å². The van der Waals surface area contributed by atoms with Gasteiger partial charge in [-0.2, -0.15) is 0 Å². The molecule has 0 unspecified atom stereocenters. The highest BCUT2D eigenvalue weighted by atomic mass is 19.1. The van der Waals surface area contributed by atoms with Crippen LogP contribution >= 0.6 is 0 Å². The van der Waals surface area contributed by atoms with Crippen molar-refractivity contribution in [1.82, 2.24) is 5.32 Å². The molecule has 7 heteroatoms. The van der Waals surface area contributed by atoms with Crippen molar-refractivity contribution in [2.24, 2.45) is 5.41 Å². The van der Waals surface area contributed by atoms with E-state index in [4.69, 9.17) is 14.2 Å². The molecule has 2 aromatic rings. The van der Waals surface area contributed by atoms with E-state index in [0.29, 0.717) is 41.2 Å². The third kappa shape index (κ3) is 4.94. The second-order valence-electron chi connectivity index (χ2n) is 9.74. The van der Waals surface area contributed by atoms with Crippen LogP contribution < -0.4 is 14.8 Å². The predicted octanol–water partition coefficient (Wildman–Crippen LogP) is 5.19. The maximum absolute atomic E-state index is 13.3. The van der Waals surface area contributed by atoms with Gasteiger partial charge in [-0.1, -0.05) is 26.0 Å². The van der Waals surface area contributed by atoms with Crippen molar-refractivity contribution in [3.05, 3.63) is 81.9 Å². The molecular weight excluding hydrogens is 449 g/mol. The average molecular weight is 480 g/mol. The first-order chi connectivity index (χ1) is 16.6. The van der Waals surface area contributed by atoms with Crippen molar-refractivity contribution in [3.8, 4) is 11.5 Å². The van der Waals surface area contributed by atoms with Crippen molar-refractivity contribution in [3.63, 3.8) is 0 Å². The molecule has 6 nitrogen and oxygen atoms in total. The Hall–Kier alpha value is -3.61. The van der Waals surface area contributed by atoms with Crippen LogP contribution in [0.25, 0.3) is 0 Å². The lowest BCUT2D eigenvalue weighted by atomic mass is 9.68. The summed E-state index contributed by atoms with van der Waals surface area (Å²) in [4.78, 5) is 26.2. The van der Waals surface area contributed by atoms with E-state index in [1.165, 1.54) is 19.2 Å². The fourth-order valence-electron chi connectivity index (χ4n) is 4.90. The fourth-order valence-corrected chi connectivity index (χ4v) is 4.90. The van der Waals surface area contributed by atoms with E-state index < -0.39 is 11.9 Å². The van der Waals surface area contributed by atoms with Crippen molar-refractivity contribution < 1.29 is 28.2 Å². The van der Waals surface area contributed by atoms with Gasteiger partial charge in [-0.3, -0.25) is 4.79 Å². The number of rotatable bonds is 6. The van der Waals surface area contributed by atoms with Gasteiger partial charge in [0, 0.05) is 34.9 Å². The van der Waals surface area contributed by atoms with E-state index in [1.807, 2.05) is 25.1 Å². The number of halogens is 1. The Morgan fingerprint density at radius 3 is 2.49 bits per heavy atom. The number of carbonyl (C=O) groups is 2. The summed E-state index contributed by atoms with van der Waals surface area (Å²) in [6.45, 7) is 6.18. The molecule has 4 rings (SSSR count). The molecule has 35 heavy (non-hydrogen) atoms. The van der Waals surface area contributed by atoms with Gasteiger partial charge in [-0.25, -0.2) is 9.18 Å². The highest BCUT2D eigenvalue weighted by Crippen LogP contribution is 2.47. The molecule has 1 atom stereocenters. The maximum atomic E-state index is 13.3. The van der Waals surface area contributed by atoms with Crippen LogP contribution in [-0.2, 0) is 20.9 Å². The largest absolute Gasteiger partial charge is 0.496 e. The lowest BCUT2D eigenvalue weighted by Crippen LogP contribution is -2.38. The fraction of sp³-hybridized carbons (Fsp3) is 0.357. The number of hydrogen-bond acceptors (Lipinski definition) is 6. The molecule has 184 valence electrons. The van der Waals surface area contributed by atoms with E-state index in [-0.39, 0.29) is 23.6 Å². The van der Waals surface area contributed by atoms with Gasteiger partial charge in [-0.05, 0) is 54.7 Å². The third-order valence-electron chi connectivity index (χ3n) is 6.50. The number of hydrogen-bond donors (Lipinski definition) is 1. The van der Waals surface area contributed by atoms with Crippen LogP contribution in [-0.4, -0.2) is 26.0 Å². The standard InChI is InChI=1S/C28H30FNO5/c1-16-24(27(32)34-5)25(26-21(30-16)13-28(2,3)14-22(26)31)17-6-7-18(23(12-17)33-4)15-35-20-10-8-19(29)9-11-20/h6-12,25,30H,13-15H2,1-5H3/t25-/m1/s1. The van der Waals surface area contributed by atoms with Crippen LogP contribution in [0.2, 0.25) is 0 Å². The second-order valence-corrected chi connectivity index (χ2v) is 9.74. The summed E-state index contributed by atoms with van der Waals surface area (Å²) in [5, 5.41) is 3.31. The van der Waals surface area contributed by atoms with Crippen LogP contribution in [0.5, 0.6) is 11.5 Å². The molecule has 1 aliphatic heterocycles. The summed E-state index contributed by atoms with van der Waals surface area (Å²) in [6.07, 6.45) is 1.11. The van der Waals surface area contributed by atoms with E-state index in [0.717, 1.165) is 16.8 Å². The molecule has 0 saturated carbocycles. The minimum atomic E-state index is -0.566. The molecule has 0 radical (unpaired) electrons. The quantitative estimate of drug-likeness (QED) is 0.575. The van der Waals surface area contributed by atoms with Gasteiger partial charge in [-0.15, -0.1) is 0 Å². The second kappa shape index (κ2) is 9.56. The zero-order valence-corrected chi connectivity index (χ0v) is 20.7. The molecule has 0 bridgehead atoms. The molecule has 0 spiro atoms. The molecular formula is C28H30FNO5. The van der Waals surface area contributed by atoms with Crippen molar-refractivity contribution in [2.45, 2.75) is 46.1 Å².